The van der Waals surface area contributed by atoms with Gasteiger partial charge in [-0.2, -0.15) is 0 Å². The lowest BCUT2D eigenvalue weighted by atomic mass is 9.80. The molecule has 0 saturated heterocycles. The molecule has 0 fully saturated rings. The minimum atomic E-state index is 0.215. The van der Waals surface area contributed by atoms with E-state index in [4.69, 9.17) is 5.73 Å². The summed E-state index contributed by atoms with van der Waals surface area (Å²) in [7, 11) is 0. The molecule has 122 valence electrons. The summed E-state index contributed by atoms with van der Waals surface area (Å²) in [6.07, 6.45) is 7.59. The summed E-state index contributed by atoms with van der Waals surface area (Å²) in [5, 5.41) is 0. The summed E-state index contributed by atoms with van der Waals surface area (Å²) in [6, 6.07) is 0. The van der Waals surface area contributed by atoms with Crippen molar-refractivity contribution in [2.45, 2.75) is 85.6 Å². The number of nitrogens with zero attached hydrogens (tertiary/aromatic N) is 1. The molecular formula is C18H40N2. The van der Waals surface area contributed by atoms with E-state index in [9.17, 15) is 0 Å². The van der Waals surface area contributed by atoms with Crippen molar-refractivity contribution in [3.63, 3.8) is 0 Å². The first-order chi connectivity index (χ1) is 9.41. The fraction of sp³-hybridized carbons (Fsp3) is 1.00. The van der Waals surface area contributed by atoms with Crippen LogP contribution in [0.4, 0.5) is 0 Å². The summed E-state index contributed by atoms with van der Waals surface area (Å²) >= 11 is 0. The second kappa shape index (κ2) is 10.6. The molecule has 0 heterocycles. The van der Waals surface area contributed by atoms with Crippen molar-refractivity contribution in [1.82, 2.24) is 4.90 Å². The van der Waals surface area contributed by atoms with Gasteiger partial charge in [-0.05, 0) is 50.6 Å². The quantitative estimate of drug-likeness (QED) is 0.564. The molecule has 0 aliphatic carbocycles. The van der Waals surface area contributed by atoms with E-state index in [1.807, 2.05) is 0 Å². The standard InChI is InChI=1S/C18H40N2/c1-7-9-11-20(12-10-8-2)18(15-19,13-16(3)4)14-17(5)6/h16-17H,7-15,19H2,1-6H3. The summed E-state index contributed by atoms with van der Waals surface area (Å²) in [5.74, 6) is 1.42. The fourth-order valence-electron chi connectivity index (χ4n) is 3.44. The second-order valence-corrected chi connectivity index (χ2v) is 7.32. The van der Waals surface area contributed by atoms with Gasteiger partial charge >= 0.3 is 0 Å². The van der Waals surface area contributed by atoms with E-state index in [-0.39, 0.29) is 5.54 Å². The summed E-state index contributed by atoms with van der Waals surface area (Å²) in [6.45, 7) is 17.1. The van der Waals surface area contributed by atoms with E-state index in [1.54, 1.807) is 0 Å². The van der Waals surface area contributed by atoms with E-state index >= 15 is 0 Å². The van der Waals surface area contributed by atoms with Crippen molar-refractivity contribution < 1.29 is 0 Å². The Morgan fingerprint density at radius 1 is 0.850 bits per heavy atom. The zero-order chi connectivity index (χ0) is 15.6. The Balaban J connectivity index is 5.10. The zero-order valence-corrected chi connectivity index (χ0v) is 15.0. The molecule has 20 heavy (non-hydrogen) atoms. The smallest absolute Gasteiger partial charge is 0.0336 e. The molecule has 0 amide bonds. The Morgan fingerprint density at radius 2 is 1.25 bits per heavy atom. The van der Waals surface area contributed by atoms with Crippen LogP contribution in [0.15, 0.2) is 0 Å². The van der Waals surface area contributed by atoms with Crippen molar-refractivity contribution in [3.8, 4) is 0 Å². The van der Waals surface area contributed by atoms with Gasteiger partial charge in [0.25, 0.3) is 0 Å². The molecular weight excluding hydrogens is 244 g/mol. The van der Waals surface area contributed by atoms with Crippen LogP contribution in [0.5, 0.6) is 0 Å². The van der Waals surface area contributed by atoms with Crippen LogP contribution in [0.3, 0.4) is 0 Å². The van der Waals surface area contributed by atoms with E-state index in [2.05, 4.69) is 46.4 Å². The van der Waals surface area contributed by atoms with Crippen LogP contribution in [0, 0.1) is 11.8 Å². The minimum absolute atomic E-state index is 0.215. The predicted molar refractivity (Wildman–Crippen MR) is 92.1 cm³/mol. The van der Waals surface area contributed by atoms with Crippen LogP contribution < -0.4 is 5.73 Å². The van der Waals surface area contributed by atoms with Gasteiger partial charge in [0.1, 0.15) is 0 Å². The number of hydrogen-bond donors (Lipinski definition) is 1. The minimum Gasteiger partial charge on any atom is -0.329 e. The molecule has 0 aromatic carbocycles. The van der Waals surface area contributed by atoms with Crippen LogP contribution in [-0.4, -0.2) is 30.1 Å². The normalized spacial score (nSPS) is 12.9. The number of unbranched alkanes of at least 4 members (excludes halogenated alkanes) is 2. The van der Waals surface area contributed by atoms with Gasteiger partial charge in [-0.3, -0.25) is 4.90 Å². The first kappa shape index (κ1) is 19.9. The van der Waals surface area contributed by atoms with Gasteiger partial charge in [0.05, 0.1) is 0 Å². The van der Waals surface area contributed by atoms with Crippen molar-refractivity contribution >= 4 is 0 Å². The van der Waals surface area contributed by atoms with Crippen LogP contribution >= 0.6 is 0 Å². The largest absolute Gasteiger partial charge is 0.329 e. The van der Waals surface area contributed by atoms with Crippen molar-refractivity contribution in [2.75, 3.05) is 19.6 Å². The molecule has 2 N–H and O–H groups in total. The van der Waals surface area contributed by atoms with Crippen LogP contribution in [0.2, 0.25) is 0 Å². The number of nitrogens with two attached hydrogens (primary N) is 1. The van der Waals surface area contributed by atoms with Crippen LogP contribution in [-0.2, 0) is 0 Å². The number of rotatable bonds is 12. The van der Waals surface area contributed by atoms with Gasteiger partial charge in [-0.1, -0.05) is 54.4 Å². The third-order valence-electron chi connectivity index (χ3n) is 4.19. The van der Waals surface area contributed by atoms with Crippen molar-refractivity contribution in [1.29, 1.82) is 0 Å². The summed E-state index contributed by atoms with van der Waals surface area (Å²) in [5.41, 5.74) is 6.52. The van der Waals surface area contributed by atoms with Crippen LogP contribution in [0.1, 0.15) is 80.1 Å². The Hall–Kier alpha value is -0.0800. The maximum atomic E-state index is 6.31. The molecule has 0 saturated carbocycles. The predicted octanol–water partition coefficient (Wildman–Crippen LogP) is 4.68. The highest BCUT2D eigenvalue weighted by Gasteiger charge is 2.35. The molecule has 0 aromatic heterocycles. The molecule has 0 atom stereocenters. The van der Waals surface area contributed by atoms with Crippen molar-refractivity contribution in [2.24, 2.45) is 17.6 Å². The van der Waals surface area contributed by atoms with Crippen LogP contribution in [0.25, 0.3) is 0 Å². The van der Waals surface area contributed by atoms with E-state index in [0.29, 0.717) is 11.8 Å². The monoisotopic (exact) mass is 284 g/mol. The third kappa shape index (κ3) is 7.08. The SMILES string of the molecule is CCCCN(CCCC)C(CN)(CC(C)C)CC(C)C. The molecule has 0 bridgehead atoms. The molecule has 0 aliphatic rings. The van der Waals surface area contributed by atoms with Gasteiger partial charge in [0.15, 0.2) is 0 Å². The lowest BCUT2D eigenvalue weighted by Crippen LogP contribution is -2.56. The maximum Gasteiger partial charge on any atom is 0.0336 e. The average molecular weight is 285 g/mol. The molecule has 0 radical (unpaired) electrons. The van der Waals surface area contributed by atoms with Crippen molar-refractivity contribution in [3.05, 3.63) is 0 Å². The van der Waals surface area contributed by atoms with E-state index in [1.165, 1.54) is 51.6 Å². The van der Waals surface area contributed by atoms with Gasteiger partial charge < -0.3 is 5.73 Å². The Morgan fingerprint density at radius 3 is 1.50 bits per heavy atom. The first-order valence-electron chi connectivity index (χ1n) is 8.87. The van der Waals surface area contributed by atoms with Gasteiger partial charge in [0.2, 0.25) is 0 Å². The Labute approximate surface area is 128 Å². The first-order valence-corrected chi connectivity index (χ1v) is 8.87. The molecule has 0 aliphatic heterocycles. The second-order valence-electron chi connectivity index (χ2n) is 7.32. The molecule has 0 rings (SSSR count). The lowest BCUT2D eigenvalue weighted by molar-refractivity contribution is 0.0503. The highest BCUT2D eigenvalue weighted by molar-refractivity contribution is 4.93. The lowest BCUT2D eigenvalue weighted by Gasteiger charge is -2.46. The van der Waals surface area contributed by atoms with Gasteiger partial charge in [-0.15, -0.1) is 0 Å². The summed E-state index contributed by atoms with van der Waals surface area (Å²) in [4.78, 5) is 2.74. The third-order valence-corrected chi connectivity index (χ3v) is 4.19. The van der Waals surface area contributed by atoms with Gasteiger partial charge in [-0.25, -0.2) is 0 Å². The highest BCUT2D eigenvalue weighted by atomic mass is 15.2. The molecule has 0 aromatic rings. The number of hydrogen-bond acceptors (Lipinski definition) is 2. The molecule has 0 spiro atoms. The van der Waals surface area contributed by atoms with E-state index < -0.39 is 0 Å². The summed E-state index contributed by atoms with van der Waals surface area (Å²) < 4.78 is 0. The van der Waals surface area contributed by atoms with Gasteiger partial charge in [0, 0.05) is 12.1 Å². The fourth-order valence-corrected chi connectivity index (χ4v) is 3.44. The van der Waals surface area contributed by atoms with E-state index in [0.717, 1.165) is 6.54 Å². The maximum absolute atomic E-state index is 6.31. The Kier molecular flexibility index (Phi) is 10.6. The molecule has 2 heteroatoms. The highest BCUT2D eigenvalue weighted by Crippen LogP contribution is 2.31. The topological polar surface area (TPSA) is 29.3 Å². The molecule has 0 unspecified atom stereocenters. The average Bonchev–Trinajstić information content (AvgIpc) is 2.36. The molecule has 2 nitrogen and oxygen atoms in total. The Bertz CT molecular complexity index is 205. The zero-order valence-electron chi connectivity index (χ0n) is 15.0.